The van der Waals surface area contributed by atoms with Gasteiger partial charge >= 0.3 is 0 Å². The molecule has 3 aromatic rings. The Bertz CT molecular complexity index is 877. The van der Waals surface area contributed by atoms with Gasteiger partial charge < -0.3 is 5.11 Å². The van der Waals surface area contributed by atoms with Crippen LogP contribution in [0.3, 0.4) is 0 Å². The molecule has 0 radical (unpaired) electrons. The maximum atomic E-state index is 10.9. The van der Waals surface area contributed by atoms with Crippen molar-refractivity contribution in [3.05, 3.63) is 70.9 Å². The lowest BCUT2D eigenvalue weighted by Crippen LogP contribution is -2.16. The van der Waals surface area contributed by atoms with E-state index < -0.39 is 5.60 Å². The van der Waals surface area contributed by atoms with Gasteiger partial charge in [-0.15, -0.1) is 0 Å². The van der Waals surface area contributed by atoms with Gasteiger partial charge in [0.2, 0.25) is 0 Å². The maximum absolute atomic E-state index is 10.9. The minimum Gasteiger partial charge on any atom is -0.384 e. The third-order valence-electron chi connectivity index (χ3n) is 3.76. The summed E-state index contributed by atoms with van der Waals surface area (Å²) in [5.41, 5.74) is 2.46. The topological polar surface area (TPSA) is 55.1 Å². The Balaban J connectivity index is 2.21. The van der Waals surface area contributed by atoms with E-state index in [1.165, 1.54) is 0 Å². The number of hydrogen-bond acceptors (Lipinski definition) is 3. The molecule has 1 heterocycles. The Morgan fingerprint density at radius 3 is 2.38 bits per heavy atom. The van der Waals surface area contributed by atoms with E-state index in [-0.39, 0.29) is 0 Å². The highest BCUT2D eigenvalue weighted by molar-refractivity contribution is 6.32. The minimum atomic E-state index is -1.08. The average molecular weight is 341 g/mol. The molecule has 0 fully saturated rings. The van der Waals surface area contributed by atoms with Gasteiger partial charge in [-0.3, -0.25) is 4.79 Å². The highest BCUT2D eigenvalue weighted by Crippen LogP contribution is 2.31. The molecule has 0 saturated heterocycles. The Morgan fingerprint density at radius 2 is 1.79 bits per heavy atom. The molecule has 0 spiro atoms. The monoisotopic (exact) mass is 340 g/mol. The summed E-state index contributed by atoms with van der Waals surface area (Å²) in [7, 11) is 0. The molecule has 1 N–H and O–H groups in total. The molecule has 1 aromatic heterocycles. The van der Waals surface area contributed by atoms with Crippen molar-refractivity contribution in [3.63, 3.8) is 0 Å². The SMILES string of the molecule is CC(C)(O)c1cc(-c2ccc(C=O)cc2)n(-c2ccccc2Cl)n1. The Hall–Kier alpha value is -2.43. The van der Waals surface area contributed by atoms with Crippen molar-refractivity contribution in [2.24, 2.45) is 0 Å². The van der Waals surface area contributed by atoms with Crippen molar-refractivity contribution in [2.45, 2.75) is 19.4 Å². The van der Waals surface area contributed by atoms with Crippen molar-refractivity contribution < 1.29 is 9.90 Å². The molecule has 122 valence electrons. The Labute approximate surface area is 145 Å². The van der Waals surface area contributed by atoms with Crippen LogP contribution in [0.5, 0.6) is 0 Å². The predicted octanol–water partition coefficient (Wildman–Crippen LogP) is 4.23. The second kappa shape index (κ2) is 6.23. The van der Waals surface area contributed by atoms with Gasteiger partial charge in [-0.2, -0.15) is 5.10 Å². The number of rotatable bonds is 4. The Kier molecular flexibility index (Phi) is 4.26. The lowest BCUT2D eigenvalue weighted by Gasteiger charge is -2.13. The van der Waals surface area contributed by atoms with Gasteiger partial charge in [-0.05, 0) is 32.0 Å². The number of carbonyl (C=O) groups is 1. The first-order chi connectivity index (χ1) is 11.4. The number of para-hydroxylation sites is 1. The first-order valence-electron chi connectivity index (χ1n) is 7.53. The van der Waals surface area contributed by atoms with E-state index in [0.29, 0.717) is 16.3 Å². The van der Waals surface area contributed by atoms with E-state index in [2.05, 4.69) is 5.10 Å². The molecule has 2 aromatic carbocycles. The van der Waals surface area contributed by atoms with Crippen LogP contribution in [0, 0.1) is 0 Å². The van der Waals surface area contributed by atoms with Crippen LogP contribution >= 0.6 is 11.6 Å². The number of nitrogens with zero attached hydrogens (tertiary/aromatic N) is 2. The first kappa shape index (κ1) is 16.4. The van der Waals surface area contributed by atoms with E-state index in [1.807, 2.05) is 36.4 Å². The number of aromatic nitrogens is 2. The van der Waals surface area contributed by atoms with Crippen molar-refractivity contribution in [3.8, 4) is 16.9 Å². The summed E-state index contributed by atoms with van der Waals surface area (Å²) in [5, 5.41) is 15.4. The Morgan fingerprint density at radius 1 is 1.12 bits per heavy atom. The van der Waals surface area contributed by atoms with Crippen LogP contribution in [0.2, 0.25) is 5.02 Å². The third-order valence-corrected chi connectivity index (χ3v) is 4.08. The van der Waals surface area contributed by atoms with E-state index in [1.54, 1.807) is 36.7 Å². The maximum Gasteiger partial charge on any atom is 0.150 e. The zero-order chi connectivity index (χ0) is 17.3. The van der Waals surface area contributed by atoms with Crippen LogP contribution in [0.1, 0.15) is 29.9 Å². The fourth-order valence-electron chi connectivity index (χ4n) is 2.43. The van der Waals surface area contributed by atoms with Gasteiger partial charge in [-0.1, -0.05) is 48.0 Å². The van der Waals surface area contributed by atoms with Gasteiger partial charge in [0.05, 0.1) is 22.1 Å². The van der Waals surface area contributed by atoms with Crippen LogP contribution in [-0.4, -0.2) is 21.2 Å². The molecule has 5 heteroatoms. The zero-order valence-corrected chi connectivity index (χ0v) is 14.2. The fraction of sp³-hybridized carbons (Fsp3) is 0.158. The number of aliphatic hydroxyl groups is 1. The largest absolute Gasteiger partial charge is 0.384 e. The number of carbonyl (C=O) groups excluding carboxylic acids is 1. The van der Waals surface area contributed by atoms with Gasteiger partial charge in [0.15, 0.2) is 0 Å². The first-order valence-corrected chi connectivity index (χ1v) is 7.91. The van der Waals surface area contributed by atoms with Crippen LogP contribution in [0.4, 0.5) is 0 Å². The molecule has 0 bridgehead atoms. The van der Waals surface area contributed by atoms with Crippen molar-refractivity contribution in [1.29, 1.82) is 0 Å². The fourth-order valence-corrected chi connectivity index (χ4v) is 2.64. The van der Waals surface area contributed by atoms with Gasteiger partial charge in [0.25, 0.3) is 0 Å². The number of halogens is 1. The number of benzene rings is 2. The second-order valence-corrected chi connectivity index (χ2v) is 6.48. The molecular formula is C19H17ClN2O2. The molecule has 0 aliphatic rings. The minimum absolute atomic E-state index is 0.539. The average Bonchev–Trinajstić information content (AvgIpc) is 3.01. The summed E-state index contributed by atoms with van der Waals surface area (Å²) in [4.78, 5) is 10.9. The molecule has 24 heavy (non-hydrogen) atoms. The van der Waals surface area contributed by atoms with Crippen LogP contribution in [-0.2, 0) is 5.60 Å². The summed E-state index contributed by atoms with van der Waals surface area (Å²) in [6.45, 7) is 3.37. The van der Waals surface area contributed by atoms with E-state index in [9.17, 15) is 9.90 Å². The van der Waals surface area contributed by atoms with Crippen molar-refractivity contribution in [1.82, 2.24) is 9.78 Å². The highest BCUT2D eigenvalue weighted by atomic mass is 35.5. The van der Waals surface area contributed by atoms with E-state index in [0.717, 1.165) is 23.2 Å². The third kappa shape index (κ3) is 3.11. The summed E-state index contributed by atoms with van der Waals surface area (Å²) in [6, 6.07) is 16.4. The molecule has 0 aliphatic heterocycles. The van der Waals surface area contributed by atoms with Crippen LogP contribution < -0.4 is 0 Å². The molecule has 0 saturated carbocycles. The number of hydrogen-bond donors (Lipinski definition) is 1. The van der Waals surface area contributed by atoms with Crippen molar-refractivity contribution >= 4 is 17.9 Å². The summed E-state index contributed by atoms with van der Waals surface area (Å²) >= 11 is 6.32. The molecule has 0 unspecified atom stereocenters. The normalized spacial score (nSPS) is 11.5. The standard InChI is InChI=1S/C19H17ClN2O2/c1-19(2,24)18-11-17(14-9-7-13(12-23)8-10-14)22(21-18)16-6-4-3-5-15(16)20/h3-12,24H,1-2H3. The predicted molar refractivity (Wildman–Crippen MR) is 94.6 cm³/mol. The second-order valence-electron chi connectivity index (χ2n) is 6.08. The lowest BCUT2D eigenvalue weighted by molar-refractivity contribution is 0.0734. The summed E-state index contributed by atoms with van der Waals surface area (Å²) < 4.78 is 1.71. The molecule has 3 rings (SSSR count). The summed E-state index contributed by atoms with van der Waals surface area (Å²) in [5.74, 6) is 0. The molecule has 0 amide bonds. The van der Waals surface area contributed by atoms with E-state index in [4.69, 9.17) is 11.6 Å². The van der Waals surface area contributed by atoms with Gasteiger partial charge in [0.1, 0.15) is 11.9 Å². The van der Waals surface area contributed by atoms with Crippen molar-refractivity contribution in [2.75, 3.05) is 0 Å². The highest BCUT2D eigenvalue weighted by Gasteiger charge is 2.23. The molecule has 4 nitrogen and oxygen atoms in total. The lowest BCUT2D eigenvalue weighted by atomic mass is 10.0. The molecule has 0 atom stereocenters. The van der Waals surface area contributed by atoms with Gasteiger partial charge in [0, 0.05) is 11.1 Å². The molecular weight excluding hydrogens is 324 g/mol. The zero-order valence-electron chi connectivity index (χ0n) is 13.4. The van der Waals surface area contributed by atoms with Crippen LogP contribution in [0.15, 0.2) is 54.6 Å². The van der Waals surface area contributed by atoms with E-state index >= 15 is 0 Å². The molecule has 0 aliphatic carbocycles. The van der Waals surface area contributed by atoms with Gasteiger partial charge in [-0.25, -0.2) is 4.68 Å². The smallest absolute Gasteiger partial charge is 0.150 e. The number of aldehydes is 1. The van der Waals surface area contributed by atoms with Crippen LogP contribution in [0.25, 0.3) is 16.9 Å². The quantitative estimate of drug-likeness (QED) is 0.723. The summed E-state index contributed by atoms with van der Waals surface area (Å²) in [6.07, 6.45) is 0.803.